The molecule has 4 atom stereocenters. The number of hydrogen-bond acceptors (Lipinski definition) is 8. The fourth-order valence-corrected chi connectivity index (χ4v) is 4.37. The highest BCUT2D eigenvalue weighted by molar-refractivity contribution is 7.80. The zero-order chi connectivity index (χ0) is 22.0. The fraction of sp³-hybridized carbons (Fsp3) is 0.222. The first-order valence-corrected chi connectivity index (χ1v) is 10.9. The summed E-state index contributed by atoms with van der Waals surface area (Å²) in [6.07, 6.45) is 3.68. The van der Waals surface area contributed by atoms with Gasteiger partial charge < -0.3 is 19.3 Å². The Morgan fingerprint density at radius 1 is 1.00 bits per heavy atom. The molecule has 0 amide bonds. The summed E-state index contributed by atoms with van der Waals surface area (Å²) in [5.41, 5.74) is 8.24. The van der Waals surface area contributed by atoms with Crippen LogP contribution in [0.25, 0.3) is 10.8 Å². The lowest BCUT2D eigenvalue weighted by atomic mass is 9.98. The number of allylic oxidation sites excluding steroid dienone is 1. The molecule has 12 heteroatoms. The first kappa shape index (κ1) is 22.1. The maximum absolute atomic E-state index is 11.6. The van der Waals surface area contributed by atoms with Crippen molar-refractivity contribution in [1.29, 1.82) is 0 Å². The van der Waals surface area contributed by atoms with Crippen molar-refractivity contribution in [2.75, 3.05) is 10.1 Å². The summed E-state index contributed by atoms with van der Waals surface area (Å²) in [7, 11) is 0. The van der Waals surface area contributed by atoms with Crippen molar-refractivity contribution >= 4 is 44.5 Å². The van der Waals surface area contributed by atoms with Crippen LogP contribution in [0.15, 0.2) is 48.2 Å². The van der Waals surface area contributed by atoms with Gasteiger partial charge in [0.05, 0.1) is 27.6 Å². The molecule has 1 aliphatic carbocycles. The summed E-state index contributed by atoms with van der Waals surface area (Å²) >= 11 is -5.14. The van der Waals surface area contributed by atoms with Gasteiger partial charge >= 0.3 is 0 Å². The van der Waals surface area contributed by atoms with Gasteiger partial charge in [0.2, 0.25) is 0 Å². The smallest absolute Gasteiger partial charge is 0.266 e. The molecule has 160 valence electrons. The summed E-state index contributed by atoms with van der Waals surface area (Å²) < 4.78 is 48.0. The van der Waals surface area contributed by atoms with Gasteiger partial charge in [-0.15, -0.1) is 0 Å². The molecule has 0 saturated carbocycles. The average molecular weight is 450 g/mol. The van der Waals surface area contributed by atoms with Crippen LogP contribution in [-0.4, -0.2) is 33.7 Å². The normalized spacial score (nSPS) is 20.5. The van der Waals surface area contributed by atoms with E-state index in [0.717, 1.165) is 22.6 Å². The van der Waals surface area contributed by atoms with Crippen LogP contribution < -0.4 is 15.6 Å². The first-order chi connectivity index (χ1) is 14.2. The number of nitrogens with one attached hydrogen (secondary N) is 3. The fourth-order valence-electron chi connectivity index (χ4n) is 3.38. The summed E-state index contributed by atoms with van der Waals surface area (Å²) in [6.45, 7) is 3.80. The summed E-state index contributed by atoms with van der Waals surface area (Å²) in [4.78, 5) is 10.3. The predicted molar refractivity (Wildman–Crippen MR) is 113 cm³/mol. The van der Waals surface area contributed by atoms with E-state index in [1.165, 1.54) is 12.2 Å². The second-order valence-electron chi connectivity index (χ2n) is 6.67. The Hall–Kier alpha value is -2.64. The van der Waals surface area contributed by atoms with Crippen LogP contribution in [0, 0.1) is 24.0 Å². The van der Waals surface area contributed by atoms with Gasteiger partial charge in [0.15, 0.2) is 0 Å². The zero-order valence-electron chi connectivity index (χ0n) is 15.9. The average Bonchev–Trinajstić information content (AvgIpc) is 2.68. The van der Waals surface area contributed by atoms with Gasteiger partial charge in [-0.05, 0) is 53.6 Å². The Balaban J connectivity index is 1.96. The van der Waals surface area contributed by atoms with E-state index in [2.05, 4.69) is 15.6 Å². The predicted octanol–water partition coefficient (Wildman–Crippen LogP) is 1.93. The number of anilines is 2. The van der Waals surface area contributed by atoms with Gasteiger partial charge in [0.25, 0.3) is 5.70 Å². The topological polar surface area (TPSA) is 159 Å². The number of aryl methyl sites for hydroxylation is 2. The van der Waals surface area contributed by atoms with Crippen molar-refractivity contribution in [3.05, 3.63) is 69.4 Å². The van der Waals surface area contributed by atoms with E-state index in [-0.39, 0.29) is 5.70 Å². The van der Waals surface area contributed by atoms with Gasteiger partial charge in [0.1, 0.15) is 0 Å². The van der Waals surface area contributed by atoms with Crippen molar-refractivity contribution in [2.45, 2.75) is 25.1 Å². The quantitative estimate of drug-likeness (QED) is 0.328. The van der Waals surface area contributed by atoms with Crippen LogP contribution in [0.5, 0.6) is 0 Å². The molecule has 2 aromatic carbocycles. The standard InChI is InChI=1S/C18H20N4O6S2/c1-10-3-6-14(18-15(21-30(27)28)7-4-11(2)17(10)18)20-19-13-8-5-12(22(23)24)9-16(13)29(25)26/h3-9,13,16,19-21H,1-2H3,(H,25,26)(H,27,28)/p-2. The molecule has 10 nitrogen and oxygen atoms in total. The monoisotopic (exact) mass is 450 g/mol. The molecule has 0 aliphatic heterocycles. The number of rotatable bonds is 7. The molecule has 30 heavy (non-hydrogen) atoms. The SMILES string of the molecule is Cc1ccc(NNC2C=CC([N+](=O)[O-])=CC2S(=O)[O-])c2c(NS(=O)[O-])ccc(C)c12. The molecule has 0 radical (unpaired) electrons. The molecule has 0 saturated heterocycles. The van der Waals surface area contributed by atoms with Crippen LogP contribution in [-0.2, 0) is 22.3 Å². The highest BCUT2D eigenvalue weighted by Gasteiger charge is 2.26. The summed E-state index contributed by atoms with van der Waals surface area (Å²) in [5.74, 6) is 0. The number of nitro groups is 1. The lowest BCUT2D eigenvalue weighted by Gasteiger charge is -2.28. The molecule has 0 heterocycles. The minimum absolute atomic E-state index is 0.303. The lowest BCUT2D eigenvalue weighted by Crippen LogP contribution is -2.44. The first-order valence-electron chi connectivity index (χ1n) is 8.72. The molecular weight excluding hydrogens is 432 g/mol. The lowest BCUT2D eigenvalue weighted by molar-refractivity contribution is -0.419. The minimum Gasteiger partial charge on any atom is -0.772 e. The Kier molecular flexibility index (Phi) is 6.63. The van der Waals surface area contributed by atoms with Crippen LogP contribution in [0.3, 0.4) is 0 Å². The van der Waals surface area contributed by atoms with E-state index >= 15 is 0 Å². The molecule has 3 N–H and O–H groups in total. The zero-order valence-corrected chi connectivity index (χ0v) is 17.5. The second-order valence-corrected chi connectivity index (χ2v) is 8.41. The summed E-state index contributed by atoms with van der Waals surface area (Å²) in [6, 6.07) is 6.24. The molecule has 2 aromatic rings. The summed E-state index contributed by atoms with van der Waals surface area (Å²) in [5, 5.41) is 11.2. The molecule has 0 bridgehead atoms. The number of hydrogen-bond donors (Lipinski definition) is 3. The van der Waals surface area contributed by atoms with Crippen molar-refractivity contribution in [3.63, 3.8) is 0 Å². The largest absolute Gasteiger partial charge is 0.772 e. The Morgan fingerprint density at radius 3 is 2.20 bits per heavy atom. The molecule has 0 fully saturated rings. The molecule has 0 spiro atoms. The van der Waals surface area contributed by atoms with Gasteiger partial charge in [-0.3, -0.25) is 18.5 Å². The maximum Gasteiger partial charge on any atom is 0.266 e. The molecule has 1 aliphatic rings. The highest BCUT2D eigenvalue weighted by Crippen LogP contribution is 2.35. The van der Waals surface area contributed by atoms with E-state index in [0.29, 0.717) is 16.8 Å². The van der Waals surface area contributed by atoms with Crippen molar-refractivity contribution < 1.29 is 22.4 Å². The van der Waals surface area contributed by atoms with E-state index in [9.17, 15) is 27.6 Å². The second kappa shape index (κ2) is 9.02. The van der Waals surface area contributed by atoms with Crippen LogP contribution in [0.2, 0.25) is 0 Å². The number of fused-ring (bicyclic) bond motifs is 1. The van der Waals surface area contributed by atoms with Crippen LogP contribution >= 0.6 is 0 Å². The van der Waals surface area contributed by atoms with E-state index in [4.69, 9.17) is 0 Å². The van der Waals surface area contributed by atoms with Gasteiger partial charge in [-0.25, -0.2) is 5.43 Å². The Morgan fingerprint density at radius 2 is 1.63 bits per heavy atom. The number of benzene rings is 2. The van der Waals surface area contributed by atoms with Gasteiger partial charge in [-0.1, -0.05) is 18.2 Å². The highest BCUT2D eigenvalue weighted by atomic mass is 32.2. The van der Waals surface area contributed by atoms with Crippen molar-refractivity contribution in [2.24, 2.45) is 0 Å². The number of nitrogens with zero attached hydrogens (tertiary/aromatic N) is 1. The van der Waals surface area contributed by atoms with Crippen molar-refractivity contribution in [1.82, 2.24) is 5.43 Å². The Labute approximate surface area is 177 Å². The van der Waals surface area contributed by atoms with Gasteiger partial charge in [-0.2, -0.15) is 0 Å². The van der Waals surface area contributed by atoms with Crippen molar-refractivity contribution in [3.8, 4) is 0 Å². The molecule has 4 unspecified atom stereocenters. The molecular formula is C18H18N4O6S2-2. The minimum atomic E-state index is -2.60. The van der Waals surface area contributed by atoms with E-state index in [1.807, 2.05) is 19.9 Å². The molecule has 3 rings (SSSR count). The van der Waals surface area contributed by atoms with Crippen LogP contribution in [0.1, 0.15) is 11.1 Å². The van der Waals surface area contributed by atoms with Gasteiger partial charge in [0, 0.05) is 28.8 Å². The van der Waals surface area contributed by atoms with E-state index in [1.54, 1.807) is 18.2 Å². The Bertz CT molecular complexity index is 1110. The third kappa shape index (κ3) is 4.57. The third-order valence-electron chi connectivity index (χ3n) is 4.74. The third-order valence-corrected chi connectivity index (χ3v) is 6.00. The molecule has 0 aromatic heterocycles. The van der Waals surface area contributed by atoms with Crippen LogP contribution in [0.4, 0.5) is 11.4 Å². The van der Waals surface area contributed by atoms with E-state index < -0.39 is 38.6 Å². The maximum atomic E-state index is 11.6. The number of hydrazine groups is 1.